The Bertz CT molecular complexity index is 576. The van der Waals surface area contributed by atoms with E-state index >= 15 is 0 Å². The molecule has 1 unspecified atom stereocenters. The molecule has 0 aliphatic heterocycles. The van der Waals surface area contributed by atoms with Gasteiger partial charge in [-0.3, -0.25) is 0 Å². The molecule has 2 rings (SSSR count). The number of fused-ring (bicyclic) bond motifs is 1. The smallest absolute Gasteiger partial charge is 0.168 e. The number of halogens is 1. The van der Waals surface area contributed by atoms with Gasteiger partial charge in [0.2, 0.25) is 0 Å². The molecule has 1 aliphatic carbocycles. The Balaban J connectivity index is 2.51. The Hall–Kier alpha value is -1.23. The monoisotopic (exact) mass is 297 g/mol. The van der Waals surface area contributed by atoms with Crippen molar-refractivity contribution in [2.45, 2.75) is 51.2 Å². The fourth-order valence-electron chi connectivity index (χ4n) is 2.18. The number of phenols is 1. The Morgan fingerprint density at radius 2 is 1.90 bits per heavy atom. The number of hydrogen-bond acceptors (Lipinski definition) is 2. The minimum Gasteiger partial charge on any atom is -0.505 e. The zero-order valence-corrected chi connectivity index (χ0v) is 12.9. The number of hydrogen-bond donors (Lipinski definition) is 1. The van der Waals surface area contributed by atoms with Gasteiger partial charge in [0.15, 0.2) is 11.6 Å². The van der Waals surface area contributed by atoms with Crippen molar-refractivity contribution in [3.8, 4) is 5.75 Å². The molecule has 0 heterocycles. The van der Waals surface area contributed by atoms with Crippen molar-refractivity contribution in [3.63, 3.8) is 0 Å². The first-order chi connectivity index (χ1) is 9.30. The van der Waals surface area contributed by atoms with Crippen LogP contribution in [0.5, 0.6) is 5.75 Å². The van der Waals surface area contributed by atoms with Crippen molar-refractivity contribution < 1.29 is 13.7 Å². The van der Waals surface area contributed by atoms with Crippen molar-refractivity contribution in [2.75, 3.05) is 0 Å². The molecule has 0 bridgehead atoms. The van der Waals surface area contributed by atoms with Crippen LogP contribution in [-0.2, 0) is 17.4 Å². The summed E-state index contributed by atoms with van der Waals surface area (Å²) >= 11 is 0. The third-order valence-corrected chi connectivity index (χ3v) is 4.77. The molecule has 1 aliphatic rings. The van der Waals surface area contributed by atoms with Crippen molar-refractivity contribution in [3.05, 3.63) is 29.1 Å². The second-order valence-electron chi connectivity index (χ2n) is 6.03. The molecular formula is C15H20FNO2S. The Labute approximate surface area is 121 Å². The number of aromatic hydroxyl groups is 1. The first kappa shape index (κ1) is 15.2. The lowest BCUT2D eigenvalue weighted by Crippen LogP contribution is -2.21. The van der Waals surface area contributed by atoms with Gasteiger partial charge in [0.05, 0.1) is 10.5 Å². The Kier molecular flexibility index (Phi) is 4.28. The predicted molar refractivity (Wildman–Crippen MR) is 80.1 cm³/mol. The molecule has 0 saturated heterocycles. The number of rotatable bonds is 1. The van der Waals surface area contributed by atoms with E-state index in [9.17, 15) is 13.7 Å². The van der Waals surface area contributed by atoms with E-state index in [0.29, 0.717) is 29.7 Å². The first-order valence-corrected chi connectivity index (χ1v) is 7.91. The summed E-state index contributed by atoms with van der Waals surface area (Å²) in [6.07, 6.45) is 3.00. The summed E-state index contributed by atoms with van der Waals surface area (Å²) in [6, 6.07) is 3.02. The molecule has 110 valence electrons. The fourth-order valence-corrected chi connectivity index (χ4v) is 2.85. The third kappa shape index (κ3) is 3.08. The Morgan fingerprint density at radius 1 is 1.25 bits per heavy atom. The van der Waals surface area contributed by atoms with Gasteiger partial charge in [-0.25, -0.2) is 8.60 Å². The summed E-state index contributed by atoms with van der Waals surface area (Å²) in [4.78, 5) is 0. The van der Waals surface area contributed by atoms with Crippen LogP contribution in [0, 0.1) is 5.82 Å². The van der Waals surface area contributed by atoms with Gasteiger partial charge in [-0.1, -0.05) is 0 Å². The molecule has 1 aromatic rings. The summed E-state index contributed by atoms with van der Waals surface area (Å²) in [5.74, 6) is -0.902. The lowest BCUT2D eigenvalue weighted by molar-refractivity contribution is 0.428. The average Bonchev–Trinajstić information content (AvgIpc) is 2.56. The van der Waals surface area contributed by atoms with E-state index in [2.05, 4.69) is 4.40 Å². The first-order valence-electron chi connectivity index (χ1n) is 6.81. The molecule has 0 spiro atoms. The van der Waals surface area contributed by atoms with Gasteiger partial charge in [0, 0.05) is 11.1 Å². The largest absolute Gasteiger partial charge is 0.505 e. The van der Waals surface area contributed by atoms with Gasteiger partial charge in [-0.05, 0) is 58.6 Å². The van der Waals surface area contributed by atoms with Crippen LogP contribution < -0.4 is 0 Å². The quantitative estimate of drug-likeness (QED) is 0.806. The molecular weight excluding hydrogens is 277 g/mol. The van der Waals surface area contributed by atoms with Crippen LogP contribution in [0.3, 0.4) is 0 Å². The van der Waals surface area contributed by atoms with Crippen molar-refractivity contribution >= 4 is 16.7 Å². The van der Waals surface area contributed by atoms with Crippen LogP contribution in [0.15, 0.2) is 16.5 Å². The third-order valence-electron chi connectivity index (χ3n) is 3.34. The zero-order chi connectivity index (χ0) is 14.9. The summed E-state index contributed by atoms with van der Waals surface area (Å²) < 4.78 is 30.1. The molecule has 0 aromatic heterocycles. The van der Waals surface area contributed by atoms with Gasteiger partial charge in [0.1, 0.15) is 11.0 Å². The SMILES string of the molecule is CC(C)(C)S(=O)/N=C1\CCCCc2c1ccc(O)c2F. The van der Waals surface area contributed by atoms with E-state index in [1.54, 1.807) is 6.07 Å². The van der Waals surface area contributed by atoms with Crippen molar-refractivity contribution in [2.24, 2.45) is 4.40 Å². The standard InChI is InChI=1S/C15H20FNO2S/c1-15(2,3)20(19)17-12-7-5-4-6-11-10(12)8-9-13(18)14(11)16/h8-9,18H,4-7H2,1-3H3/b17-12+. The van der Waals surface area contributed by atoms with Crippen molar-refractivity contribution in [1.82, 2.24) is 0 Å². The van der Waals surface area contributed by atoms with Crippen LogP contribution in [-0.4, -0.2) is 19.8 Å². The summed E-state index contributed by atoms with van der Waals surface area (Å²) in [5.41, 5.74) is 1.87. The topological polar surface area (TPSA) is 49.7 Å². The molecule has 0 radical (unpaired) electrons. The van der Waals surface area contributed by atoms with E-state index in [4.69, 9.17) is 0 Å². The minimum atomic E-state index is -1.36. The van der Waals surface area contributed by atoms with Crippen LogP contribution in [0.1, 0.15) is 51.2 Å². The maximum absolute atomic E-state index is 14.0. The molecule has 3 nitrogen and oxygen atoms in total. The van der Waals surface area contributed by atoms with E-state index in [0.717, 1.165) is 12.8 Å². The maximum Gasteiger partial charge on any atom is 0.168 e. The second-order valence-corrected chi connectivity index (χ2v) is 7.94. The highest BCUT2D eigenvalue weighted by Gasteiger charge is 2.23. The van der Waals surface area contributed by atoms with E-state index in [-0.39, 0.29) is 5.75 Å². The van der Waals surface area contributed by atoms with Gasteiger partial charge in [-0.2, -0.15) is 4.40 Å². The summed E-state index contributed by atoms with van der Waals surface area (Å²) in [7, 11) is -1.36. The average molecular weight is 297 g/mol. The van der Waals surface area contributed by atoms with E-state index < -0.39 is 21.5 Å². The molecule has 5 heteroatoms. The highest BCUT2D eigenvalue weighted by Crippen LogP contribution is 2.29. The molecule has 1 atom stereocenters. The summed E-state index contributed by atoms with van der Waals surface area (Å²) in [5, 5.41) is 9.49. The minimum absolute atomic E-state index is 0.332. The van der Waals surface area contributed by atoms with Crippen LogP contribution in [0.4, 0.5) is 4.39 Å². The predicted octanol–water partition coefficient (Wildman–Crippen LogP) is 3.51. The van der Waals surface area contributed by atoms with Gasteiger partial charge < -0.3 is 5.11 Å². The molecule has 20 heavy (non-hydrogen) atoms. The van der Waals surface area contributed by atoms with E-state index in [1.807, 2.05) is 20.8 Å². The number of phenolic OH excluding ortho intramolecular Hbond substituents is 1. The second kappa shape index (κ2) is 5.64. The van der Waals surface area contributed by atoms with Gasteiger partial charge in [-0.15, -0.1) is 0 Å². The van der Waals surface area contributed by atoms with Crippen LogP contribution >= 0.6 is 0 Å². The van der Waals surface area contributed by atoms with Gasteiger partial charge >= 0.3 is 0 Å². The highest BCUT2D eigenvalue weighted by atomic mass is 32.2. The summed E-state index contributed by atoms with van der Waals surface area (Å²) in [6.45, 7) is 5.59. The number of nitrogens with zero attached hydrogens (tertiary/aromatic N) is 1. The van der Waals surface area contributed by atoms with Crippen molar-refractivity contribution in [1.29, 1.82) is 0 Å². The Morgan fingerprint density at radius 3 is 2.55 bits per heavy atom. The van der Waals surface area contributed by atoms with Gasteiger partial charge in [0.25, 0.3) is 0 Å². The molecule has 1 aromatic carbocycles. The number of benzene rings is 1. The maximum atomic E-state index is 14.0. The van der Waals surface area contributed by atoms with E-state index in [1.165, 1.54) is 6.07 Å². The van der Waals surface area contributed by atoms with Crippen LogP contribution in [0.25, 0.3) is 0 Å². The molecule has 1 N–H and O–H groups in total. The highest BCUT2D eigenvalue weighted by molar-refractivity contribution is 7.85. The molecule has 0 fully saturated rings. The molecule has 0 saturated carbocycles. The fraction of sp³-hybridized carbons (Fsp3) is 0.533. The lowest BCUT2D eigenvalue weighted by Gasteiger charge is -2.16. The normalized spacial score (nSPS) is 19.5. The van der Waals surface area contributed by atoms with Crippen LogP contribution in [0.2, 0.25) is 0 Å². The zero-order valence-electron chi connectivity index (χ0n) is 12.1. The lowest BCUT2D eigenvalue weighted by atomic mass is 10.0. The molecule has 0 amide bonds.